The normalized spacial score (nSPS) is 21.2. The van der Waals surface area contributed by atoms with Crippen LogP contribution in [0.25, 0.3) is 10.8 Å². The number of amides is 1. The van der Waals surface area contributed by atoms with Gasteiger partial charge >= 0.3 is 12.1 Å². The predicted octanol–water partition coefficient (Wildman–Crippen LogP) is 2.10. The fourth-order valence-electron chi connectivity index (χ4n) is 3.87. The van der Waals surface area contributed by atoms with Crippen molar-refractivity contribution in [3.63, 3.8) is 0 Å². The maximum atomic E-state index is 12.3. The molecule has 1 amide bonds. The first-order valence-corrected chi connectivity index (χ1v) is 10.5. The highest BCUT2D eigenvalue weighted by atomic mass is 16.7. The van der Waals surface area contributed by atoms with E-state index < -0.39 is 30.6 Å². The third-order valence-electron chi connectivity index (χ3n) is 5.44. The molecule has 2 aliphatic rings. The van der Waals surface area contributed by atoms with Crippen LogP contribution >= 0.6 is 0 Å². The van der Waals surface area contributed by atoms with Crippen molar-refractivity contribution in [3.8, 4) is 0 Å². The minimum Gasteiger partial charge on any atom is -0.428 e. The van der Waals surface area contributed by atoms with Gasteiger partial charge in [0.1, 0.15) is 17.9 Å². The molecule has 0 spiro atoms. The minimum absolute atomic E-state index is 0.0857. The SMILES string of the molecule is CC(C)C(=O)OCOC(=O)Nc1cc(=O)nc2c3c(n(C4OC(CO)CC4C)cc13)N=CN2. The summed E-state index contributed by atoms with van der Waals surface area (Å²) in [4.78, 5) is 44.6. The standard InChI is InChI=1S/C21H25N5O7/c1-10(2)20(29)31-9-32-21(30)24-14-5-15(28)25-17-16-13(14)6-26(18(16)23-8-22-17)19-11(3)4-12(7-27)33-19/h5-6,8,10-12,19,27H,4,7,9H2,1-3H3,(H,24,30)(H,22,23,25,28). The van der Waals surface area contributed by atoms with Gasteiger partial charge in [0.25, 0.3) is 5.56 Å². The molecule has 2 aromatic heterocycles. The van der Waals surface area contributed by atoms with Gasteiger partial charge in [-0.05, 0) is 6.42 Å². The lowest BCUT2D eigenvalue weighted by atomic mass is 10.1. The number of aliphatic hydroxyl groups is 1. The van der Waals surface area contributed by atoms with Gasteiger partial charge < -0.3 is 29.2 Å². The number of anilines is 2. The molecule has 1 saturated heterocycles. The van der Waals surface area contributed by atoms with E-state index in [1.165, 1.54) is 12.4 Å². The summed E-state index contributed by atoms with van der Waals surface area (Å²) in [6, 6.07) is 1.17. The lowest BCUT2D eigenvalue weighted by Crippen LogP contribution is -2.20. The van der Waals surface area contributed by atoms with E-state index in [-0.39, 0.29) is 36.1 Å². The summed E-state index contributed by atoms with van der Waals surface area (Å²) in [5.41, 5.74) is -0.439. The van der Waals surface area contributed by atoms with Crippen LogP contribution in [-0.4, -0.2) is 52.6 Å². The highest BCUT2D eigenvalue weighted by molar-refractivity contribution is 6.12. The largest absolute Gasteiger partial charge is 0.428 e. The second kappa shape index (κ2) is 9.16. The number of aliphatic imine (C=N–C) groups is 1. The topological polar surface area (TPSA) is 153 Å². The first-order valence-electron chi connectivity index (χ1n) is 10.5. The molecule has 33 heavy (non-hydrogen) atoms. The monoisotopic (exact) mass is 459 g/mol. The third kappa shape index (κ3) is 4.52. The first-order chi connectivity index (χ1) is 15.8. The maximum Gasteiger partial charge on any atom is 0.414 e. The first kappa shape index (κ1) is 22.7. The van der Waals surface area contributed by atoms with Gasteiger partial charge in [0.05, 0.1) is 36.0 Å². The van der Waals surface area contributed by atoms with Crippen molar-refractivity contribution in [1.82, 2.24) is 9.55 Å². The molecule has 4 heterocycles. The van der Waals surface area contributed by atoms with Crippen LogP contribution in [0.3, 0.4) is 0 Å². The van der Waals surface area contributed by atoms with Gasteiger partial charge in [-0.2, -0.15) is 4.98 Å². The zero-order valence-electron chi connectivity index (χ0n) is 18.4. The predicted molar refractivity (Wildman–Crippen MR) is 118 cm³/mol. The van der Waals surface area contributed by atoms with Crippen LogP contribution in [0, 0.1) is 11.8 Å². The fraction of sp³-hybridized carbons (Fsp3) is 0.476. The van der Waals surface area contributed by atoms with E-state index in [0.29, 0.717) is 23.0 Å². The molecule has 3 unspecified atom stereocenters. The molecule has 12 nitrogen and oxygen atoms in total. The molecule has 2 aromatic rings. The van der Waals surface area contributed by atoms with E-state index in [2.05, 4.69) is 20.6 Å². The fourth-order valence-corrected chi connectivity index (χ4v) is 3.87. The Bertz CT molecular complexity index is 1180. The van der Waals surface area contributed by atoms with Gasteiger partial charge in [-0.1, -0.05) is 20.8 Å². The van der Waals surface area contributed by atoms with Crippen molar-refractivity contribution < 1.29 is 28.9 Å². The van der Waals surface area contributed by atoms with Gasteiger partial charge in [0.2, 0.25) is 6.79 Å². The average Bonchev–Trinajstić information content (AvgIpc) is 3.30. The number of hydrogen-bond acceptors (Lipinski definition) is 10. The van der Waals surface area contributed by atoms with Crippen LogP contribution in [-0.2, 0) is 19.0 Å². The zero-order valence-corrected chi connectivity index (χ0v) is 18.4. The summed E-state index contributed by atoms with van der Waals surface area (Å²) in [6.07, 6.45) is 2.21. The van der Waals surface area contributed by atoms with E-state index in [9.17, 15) is 19.5 Å². The summed E-state index contributed by atoms with van der Waals surface area (Å²) in [5.74, 6) is 0.00328. The molecule has 176 valence electrons. The maximum absolute atomic E-state index is 12.3. The molecule has 0 radical (unpaired) electrons. The molecule has 2 aliphatic heterocycles. The Morgan fingerprint density at radius 3 is 2.88 bits per heavy atom. The van der Waals surface area contributed by atoms with Crippen LogP contribution in [0.1, 0.15) is 33.4 Å². The Morgan fingerprint density at radius 2 is 2.18 bits per heavy atom. The highest BCUT2D eigenvalue weighted by Gasteiger charge is 2.35. The summed E-state index contributed by atoms with van der Waals surface area (Å²) in [5, 5.41) is 15.9. The number of esters is 1. The van der Waals surface area contributed by atoms with E-state index in [0.717, 1.165) is 0 Å². The zero-order chi connectivity index (χ0) is 23.7. The number of ether oxygens (including phenoxy) is 3. The summed E-state index contributed by atoms with van der Waals surface area (Å²) in [7, 11) is 0. The highest BCUT2D eigenvalue weighted by Crippen LogP contribution is 2.43. The molecule has 4 rings (SSSR count). The van der Waals surface area contributed by atoms with Crippen molar-refractivity contribution in [2.45, 2.75) is 39.5 Å². The Balaban J connectivity index is 1.68. The van der Waals surface area contributed by atoms with Crippen LogP contribution in [0.2, 0.25) is 0 Å². The van der Waals surface area contributed by atoms with Gasteiger partial charge in [-0.15, -0.1) is 0 Å². The number of carbonyl (C=O) groups is 2. The second-order valence-electron chi connectivity index (χ2n) is 8.24. The summed E-state index contributed by atoms with van der Waals surface area (Å²) in [6.45, 7) is 4.66. The third-order valence-corrected chi connectivity index (χ3v) is 5.44. The molecular formula is C21H25N5O7. The van der Waals surface area contributed by atoms with E-state index >= 15 is 0 Å². The van der Waals surface area contributed by atoms with Gasteiger partial charge in [-0.3, -0.25) is 14.9 Å². The van der Waals surface area contributed by atoms with Crippen LogP contribution < -0.4 is 16.2 Å². The van der Waals surface area contributed by atoms with Crippen molar-refractivity contribution in [2.75, 3.05) is 24.0 Å². The molecule has 3 atom stereocenters. The molecular weight excluding hydrogens is 434 g/mol. The molecule has 0 saturated carbocycles. The van der Waals surface area contributed by atoms with Gasteiger partial charge in [-0.25, -0.2) is 9.79 Å². The lowest BCUT2D eigenvalue weighted by Gasteiger charge is -2.19. The van der Waals surface area contributed by atoms with Crippen LogP contribution in [0.15, 0.2) is 22.1 Å². The molecule has 12 heteroatoms. The smallest absolute Gasteiger partial charge is 0.414 e. The Morgan fingerprint density at radius 1 is 1.39 bits per heavy atom. The van der Waals surface area contributed by atoms with Gasteiger partial charge in [0.15, 0.2) is 0 Å². The molecule has 3 N–H and O–H groups in total. The number of nitrogens with one attached hydrogen (secondary N) is 2. The average molecular weight is 459 g/mol. The van der Waals surface area contributed by atoms with Crippen molar-refractivity contribution >= 4 is 46.5 Å². The van der Waals surface area contributed by atoms with E-state index in [1.807, 2.05) is 6.92 Å². The Labute approximate surface area is 188 Å². The minimum atomic E-state index is -0.909. The summed E-state index contributed by atoms with van der Waals surface area (Å²) >= 11 is 0. The van der Waals surface area contributed by atoms with E-state index in [1.54, 1.807) is 24.6 Å². The number of hydrogen-bond donors (Lipinski definition) is 3. The number of aliphatic hydroxyl groups excluding tert-OH is 1. The quantitative estimate of drug-likeness (QED) is 0.435. The number of carbonyl (C=O) groups excluding carboxylic acids is 2. The second-order valence-corrected chi connectivity index (χ2v) is 8.24. The Hall–Kier alpha value is -3.51. The number of rotatable bonds is 6. The van der Waals surface area contributed by atoms with E-state index in [4.69, 9.17) is 14.2 Å². The van der Waals surface area contributed by atoms with Crippen molar-refractivity contribution in [3.05, 3.63) is 22.6 Å². The summed E-state index contributed by atoms with van der Waals surface area (Å²) < 4.78 is 17.6. The molecule has 1 fully saturated rings. The lowest BCUT2D eigenvalue weighted by molar-refractivity contribution is -0.155. The van der Waals surface area contributed by atoms with Crippen LogP contribution in [0.5, 0.6) is 0 Å². The number of nitrogens with zero attached hydrogens (tertiary/aromatic N) is 3. The molecule has 0 aromatic carbocycles. The van der Waals surface area contributed by atoms with Crippen molar-refractivity contribution in [1.29, 1.82) is 0 Å². The van der Waals surface area contributed by atoms with Crippen LogP contribution in [0.4, 0.5) is 22.1 Å². The molecule has 0 aliphatic carbocycles. The van der Waals surface area contributed by atoms with Crippen molar-refractivity contribution in [2.24, 2.45) is 16.8 Å². The van der Waals surface area contributed by atoms with Gasteiger partial charge in [0, 0.05) is 23.6 Å². The molecule has 0 bridgehead atoms. The Kier molecular flexibility index (Phi) is 6.29. The number of aromatic nitrogens is 2.